The van der Waals surface area contributed by atoms with Crippen LogP contribution in [-0.2, 0) is 4.79 Å². The first-order valence-corrected chi connectivity index (χ1v) is 8.64. The second kappa shape index (κ2) is 8.17. The highest BCUT2D eigenvalue weighted by molar-refractivity contribution is 7.12. The third-order valence-corrected chi connectivity index (χ3v) is 4.98. The average molecular weight is 308 g/mol. The Morgan fingerprint density at radius 3 is 2.76 bits per heavy atom. The summed E-state index contributed by atoms with van der Waals surface area (Å²) in [4.78, 5) is 26.5. The molecule has 116 valence electrons. The third kappa shape index (κ3) is 4.84. The molecular weight excluding hydrogens is 284 g/mol. The zero-order valence-electron chi connectivity index (χ0n) is 12.6. The van der Waals surface area contributed by atoms with E-state index in [-0.39, 0.29) is 11.8 Å². The van der Waals surface area contributed by atoms with Crippen molar-refractivity contribution < 1.29 is 9.59 Å². The maximum atomic E-state index is 12.1. The second-order valence-corrected chi connectivity index (χ2v) is 6.58. The maximum Gasteiger partial charge on any atom is 0.261 e. The molecule has 21 heavy (non-hydrogen) atoms. The van der Waals surface area contributed by atoms with Crippen LogP contribution in [0, 0.1) is 0 Å². The average Bonchev–Trinajstić information content (AvgIpc) is 3.05. The van der Waals surface area contributed by atoms with Crippen molar-refractivity contribution in [1.82, 2.24) is 10.2 Å². The molecule has 1 N–H and O–H groups in total. The number of carbonyl (C=O) groups excluding carboxylic acids is 2. The van der Waals surface area contributed by atoms with E-state index in [9.17, 15) is 9.59 Å². The lowest BCUT2D eigenvalue weighted by molar-refractivity contribution is -0.132. The highest BCUT2D eigenvalue weighted by atomic mass is 32.1. The summed E-state index contributed by atoms with van der Waals surface area (Å²) in [5.41, 5.74) is 0. The van der Waals surface area contributed by atoms with Gasteiger partial charge in [0.15, 0.2) is 0 Å². The van der Waals surface area contributed by atoms with Crippen LogP contribution in [0.4, 0.5) is 0 Å². The summed E-state index contributed by atoms with van der Waals surface area (Å²) in [7, 11) is 1.92. The molecule has 0 unspecified atom stereocenters. The molecule has 0 aliphatic heterocycles. The lowest BCUT2D eigenvalue weighted by Crippen LogP contribution is -2.38. The van der Waals surface area contributed by atoms with E-state index in [1.165, 1.54) is 30.6 Å². The minimum Gasteiger partial charge on any atom is -0.351 e. The molecule has 2 rings (SSSR count). The summed E-state index contributed by atoms with van der Waals surface area (Å²) in [6, 6.07) is 4.09. The predicted octanol–water partition coefficient (Wildman–Crippen LogP) is 3.05. The number of nitrogens with zero attached hydrogens (tertiary/aromatic N) is 1. The quantitative estimate of drug-likeness (QED) is 0.821. The Balaban J connectivity index is 1.63. The van der Waals surface area contributed by atoms with E-state index in [0.717, 1.165) is 17.7 Å². The highest BCUT2D eigenvalue weighted by Gasteiger charge is 2.21. The summed E-state index contributed by atoms with van der Waals surface area (Å²) < 4.78 is 0. The van der Waals surface area contributed by atoms with Gasteiger partial charge in [-0.25, -0.2) is 0 Å². The molecule has 1 aromatic rings. The molecule has 0 aromatic carbocycles. The normalized spacial score (nSPS) is 15.7. The van der Waals surface area contributed by atoms with Gasteiger partial charge in [-0.1, -0.05) is 25.3 Å². The van der Waals surface area contributed by atoms with Gasteiger partial charge in [0.05, 0.1) is 4.88 Å². The molecule has 5 heteroatoms. The van der Waals surface area contributed by atoms with Gasteiger partial charge in [-0.3, -0.25) is 9.59 Å². The zero-order chi connectivity index (χ0) is 15.1. The van der Waals surface area contributed by atoms with E-state index in [0.29, 0.717) is 25.4 Å². The fourth-order valence-corrected chi connectivity index (χ4v) is 3.42. The van der Waals surface area contributed by atoms with Crippen molar-refractivity contribution in [2.75, 3.05) is 13.6 Å². The lowest BCUT2D eigenvalue weighted by atomic mass is 9.94. The highest BCUT2D eigenvalue weighted by Crippen LogP contribution is 2.22. The fourth-order valence-electron chi connectivity index (χ4n) is 2.78. The number of hydrogen-bond acceptors (Lipinski definition) is 3. The Morgan fingerprint density at radius 2 is 2.10 bits per heavy atom. The molecule has 1 aliphatic rings. The van der Waals surface area contributed by atoms with Crippen molar-refractivity contribution >= 4 is 23.2 Å². The van der Waals surface area contributed by atoms with Crippen LogP contribution in [0.15, 0.2) is 17.5 Å². The molecule has 1 fully saturated rings. The van der Waals surface area contributed by atoms with Crippen molar-refractivity contribution in [3.63, 3.8) is 0 Å². The summed E-state index contributed by atoms with van der Waals surface area (Å²) >= 11 is 1.43. The van der Waals surface area contributed by atoms with Crippen LogP contribution in [0.3, 0.4) is 0 Å². The van der Waals surface area contributed by atoms with Crippen LogP contribution >= 0.6 is 11.3 Å². The Hall–Kier alpha value is -1.36. The minimum atomic E-state index is -0.0434. The largest absolute Gasteiger partial charge is 0.351 e. The Labute approximate surface area is 130 Å². The van der Waals surface area contributed by atoms with Gasteiger partial charge in [0.2, 0.25) is 5.91 Å². The topological polar surface area (TPSA) is 49.4 Å². The molecule has 0 radical (unpaired) electrons. The molecule has 1 saturated carbocycles. The first-order chi connectivity index (χ1) is 10.2. The molecule has 0 saturated heterocycles. The number of hydrogen-bond donors (Lipinski definition) is 1. The first-order valence-electron chi connectivity index (χ1n) is 7.76. The van der Waals surface area contributed by atoms with E-state index in [2.05, 4.69) is 5.32 Å². The number of nitrogens with one attached hydrogen (secondary N) is 1. The molecular formula is C16H24N2O2S. The fraction of sp³-hybridized carbons (Fsp3) is 0.625. The molecule has 0 bridgehead atoms. The zero-order valence-corrected chi connectivity index (χ0v) is 13.5. The molecule has 4 nitrogen and oxygen atoms in total. The monoisotopic (exact) mass is 308 g/mol. The van der Waals surface area contributed by atoms with E-state index >= 15 is 0 Å². The standard InChI is InChI=1S/C16H24N2O2S/c1-18(13-7-3-2-4-8-13)15(19)10-5-11-17-16(20)14-9-6-12-21-14/h6,9,12-13H,2-5,7-8,10-11H2,1H3,(H,17,20). The van der Waals surface area contributed by atoms with Crippen molar-refractivity contribution in [3.8, 4) is 0 Å². The summed E-state index contributed by atoms with van der Waals surface area (Å²) in [5.74, 6) is 0.158. The summed E-state index contributed by atoms with van der Waals surface area (Å²) in [5, 5.41) is 4.75. The number of amides is 2. The van der Waals surface area contributed by atoms with Crippen LogP contribution in [-0.4, -0.2) is 36.3 Å². The van der Waals surface area contributed by atoms with E-state index in [1.807, 2.05) is 29.5 Å². The number of rotatable bonds is 6. The molecule has 1 aromatic heterocycles. The maximum absolute atomic E-state index is 12.1. The van der Waals surface area contributed by atoms with E-state index < -0.39 is 0 Å². The van der Waals surface area contributed by atoms with Gasteiger partial charge in [0.25, 0.3) is 5.91 Å². The van der Waals surface area contributed by atoms with Crippen molar-refractivity contribution in [3.05, 3.63) is 22.4 Å². The van der Waals surface area contributed by atoms with Crippen molar-refractivity contribution in [2.24, 2.45) is 0 Å². The van der Waals surface area contributed by atoms with Crippen molar-refractivity contribution in [2.45, 2.75) is 51.0 Å². The Bertz CT molecular complexity index is 453. The number of thiophene rings is 1. The Morgan fingerprint density at radius 1 is 1.33 bits per heavy atom. The summed E-state index contributed by atoms with van der Waals surface area (Å²) in [6.07, 6.45) is 7.25. The van der Waals surface area contributed by atoms with Gasteiger partial charge in [-0.15, -0.1) is 11.3 Å². The molecule has 1 heterocycles. The number of carbonyl (C=O) groups is 2. The van der Waals surface area contributed by atoms with Gasteiger partial charge >= 0.3 is 0 Å². The van der Waals surface area contributed by atoms with Crippen LogP contribution < -0.4 is 5.32 Å². The van der Waals surface area contributed by atoms with Gasteiger partial charge in [0, 0.05) is 26.1 Å². The third-order valence-electron chi connectivity index (χ3n) is 4.11. The van der Waals surface area contributed by atoms with E-state index in [4.69, 9.17) is 0 Å². The van der Waals surface area contributed by atoms with Gasteiger partial charge < -0.3 is 10.2 Å². The van der Waals surface area contributed by atoms with Crippen LogP contribution in [0.25, 0.3) is 0 Å². The molecule has 1 aliphatic carbocycles. The minimum absolute atomic E-state index is 0.0434. The first kappa shape index (κ1) is 16.0. The van der Waals surface area contributed by atoms with Crippen LogP contribution in [0.2, 0.25) is 0 Å². The molecule has 0 spiro atoms. The predicted molar refractivity (Wildman–Crippen MR) is 85.5 cm³/mol. The summed E-state index contributed by atoms with van der Waals surface area (Å²) in [6.45, 7) is 0.557. The second-order valence-electron chi connectivity index (χ2n) is 5.63. The van der Waals surface area contributed by atoms with Gasteiger partial charge in [0.1, 0.15) is 0 Å². The lowest BCUT2D eigenvalue weighted by Gasteiger charge is -2.31. The van der Waals surface area contributed by atoms with Crippen molar-refractivity contribution in [1.29, 1.82) is 0 Å². The van der Waals surface area contributed by atoms with Gasteiger partial charge in [-0.05, 0) is 30.7 Å². The van der Waals surface area contributed by atoms with Crippen LogP contribution in [0.1, 0.15) is 54.6 Å². The molecule has 2 amide bonds. The molecule has 0 atom stereocenters. The van der Waals surface area contributed by atoms with Gasteiger partial charge in [-0.2, -0.15) is 0 Å². The van der Waals surface area contributed by atoms with E-state index in [1.54, 1.807) is 0 Å². The SMILES string of the molecule is CN(C(=O)CCCNC(=O)c1cccs1)C1CCCCC1. The Kier molecular flexibility index (Phi) is 6.23. The smallest absolute Gasteiger partial charge is 0.261 e. The van der Waals surface area contributed by atoms with Crippen LogP contribution in [0.5, 0.6) is 0 Å².